The second kappa shape index (κ2) is 3.98. The maximum Gasteiger partial charge on any atom is 0.156 e. The summed E-state index contributed by atoms with van der Waals surface area (Å²) in [4.78, 5) is 7.94. The Morgan fingerprint density at radius 1 is 1.55 bits per heavy atom. The van der Waals surface area contributed by atoms with Crippen LogP contribution < -0.4 is 5.73 Å². The molecule has 0 aromatic carbocycles. The highest BCUT2D eigenvalue weighted by Gasteiger charge is 1.98. The highest BCUT2D eigenvalue weighted by Crippen LogP contribution is 2.18. The van der Waals surface area contributed by atoms with Gasteiger partial charge < -0.3 is 5.73 Å². The van der Waals surface area contributed by atoms with Gasteiger partial charge in [0.2, 0.25) is 0 Å². The molecule has 0 amide bonds. The molecule has 58 valence electrons. The van der Waals surface area contributed by atoms with Crippen molar-refractivity contribution in [3.63, 3.8) is 0 Å². The van der Waals surface area contributed by atoms with Gasteiger partial charge in [-0.25, -0.2) is 9.97 Å². The van der Waals surface area contributed by atoms with Gasteiger partial charge in [-0.15, -0.1) is 6.58 Å². The zero-order valence-corrected chi connectivity index (χ0v) is 6.84. The summed E-state index contributed by atoms with van der Waals surface area (Å²) >= 11 is 1.53. The SMILES string of the molecule is C=CCSc1nccnc1N. The van der Waals surface area contributed by atoms with E-state index in [9.17, 15) is 0 Å². The van der Waals surface area contributed by atoms with Crippen LogP contribution in [0.2, 0.25) is 0 Å². The summed E-state index contributed by atoms with van der Waals surface area (Å²) < 4.78 is 0. The summed E-state index contributed by atoms with van der Waals surface area (Å²) in [7, 11) is 0. The fraction of sp³-hybridized carbons (Fsp3) is 0.143. The smallest absolute Gasteiger partial charge is 0.156 e. The molecule has 3 nitrogen and oxygen atoms in total. The van der Waals surface area contributed by atoms with Gasteiger partial charge in [0, 0.05) is 18.1 Å². The fourth-order valence-electron chi connectivity index (χ4n) is 0.585. The van der Waals surface area contributed by atoms with Crippen molar-refractivity contribution in [3.8, 4) is 0 Å². The molecule has 0 spiro atoms. The summed E-state index contributed by atoms with van der Waals surface area (Å²) in [6.45, 7) is 3.60. The summed E-state index contributed by atoms with van der Waals surface area (Å²) in [5.41, 5.74) is 5.53. The van der Waals surface area contributed by atoms with E-state index in [-0.39, 0.29) is 0 Å². The lowest BCUT2D eigenvalue weighted by Crippen LogP contribution is -1.94. The Morgan fingerprint density at radius 2 is 2.27 bits per heavy atom. The van der Waals surface area contributed by atoms with E-state index in [4.69, 9.17) is 5.73 Å². The molecule has 0 bridgehead atoms. The van der Waals surface area contributed by atoms with Crippen LogP contribution in [0.25, 0.3) is 0 Å². The summed E-state index contributed by atoms with van der Waals surface area (Å²) in [6, 6.07) is 0. The van der Waals surface area contributed by atoms with Crippen molar-refractivity contribution in [2.24, 2.45) is 0 Å². The number of anilines is 1. The molecule has 0 aliphatic heterocycles. The first-order valence-corrected chi connectivity index (χ1v) is 4.13. The molecule has 0 fully saturated rings. The predicted octanol–water partition coefficient (Wildman–Crippen LogP) is 1.34. The van der Waals surface area contributed by atoms with Gasteiger partial charge in [0.25, 0.3) is 0 Å². The standard InChI is InChI=1S/C7H9N3S/c1-2-5-11-7-6(8)9-3-4-10-7/h2-4H,1,5H2,(H2,8,9). The van der Waals surface area contributed by atoms with Crippen LogP contribution in [0.5, 0.6) is 0 Å². The van der Waals surface area contributed by atoms with Crippen LogP contribution in [0.3, 0.4) is 0 Å². The minimum atomic E-state index is 0.486. The summed E-state index contributed by atoms with van der Waals surface area (Å²) in [5.74, 6) is 1.29. The van der Waals surface area contributed by atoms with E-state index in [0.29, 0.717) is 5.82 Å². The van der Waals surface area contributed by atoms with Crippen LogP contribution in [0.4, 0.5) is 5.82 Å². The first-order valence-electron chi connectivity index (χ1n) is 3.14. The van der Waals surface area contributed by atoms with Crippen LogP contribution in [0, 0.1) is 0 Å². The van der Waals surface area contributed by atoms with Gasteiger partial charge in [-0.2, -0.15) is 0 Å². The van der Waals surface area contributed by atoms with Gasteiger partial charge in [-0.05, 0) is 0 Å². The monoisotopic (exact) mass is 167 g/mol. The van der Waals surface area contributed by atoms with E-state index in [1.54, 1.807) is 18.5 Å². The molecular formula is C7H9N3S. The minimum absolute atomic E-state index is 0.486. The Balaban J connectivity index is 2.69. The molecule has 11 heavy (non-hydrogen) atoms. The van der Waals surface area contributed by atoms with Crippen LogP contribution in [0.15, 0.2) is 30.1 Å². The molecular weight excluding hydrogens is 158 g/mol. The maximum atomic E-state index is 5.53. The molecule has 2 N–H and O–H groups in total. The van der Waals surface area contributed by atoms with Crippen LogP contribution >= 0.6 is 11.8 Å². The van der Waals surface area contributed by atoms with E-state index in [2.05, 4.69) is 16.5 Å². The number of rotatable bonds is 3. The lowest BCUT2D eigenvalue weighted by molar-refractivity contribution is 1.07. The van der Waals surface area contributed by atoms with Crippen molar-refractivity contribution in [1.82, 2.24) is 9.97 Å². The van der Waals surface area contributed by atoms with Crippen molar-refractivity contribution in [1.29, 1.82) is 0 Å². The van der Waals surface area contributed by atoms with Crippen molar-refractivity contribution in [2.75, 3.05) is 11.5 Å². The summed E-state index contributed by atoms with van der Waals surface area (Å²) in [5, 5.41) is 0.771. The molecule has 0 radical (unpaired) electrons. The molecule has 0 aliphatic carbocycles. The maximum absolute atomic E-state index is 5.53. The molecule has 1 aromatic rings. The number of aromatic nitrogens is 2. The molecule has 0 aliphatic rings. The third-order valence-corrected chi connectivity index (χ3v) is 2.02. The first-order chi connectivity index (χ1) is 5.34. The van der Waals surface area contributed by atoms with Gasteiger partial charge in [0.05, 0.1) is 0 Å². The number of nitrogen functional groups attached to an aromatic ring is 1. The highest BCUT2D eigenvalue weighted by atomic mass is 32.2. The molecule has 0 saturated heterocycles. The lowest BCUT2D eigenvalue weighted by Gasteiger charge is -1.98. The number of hydrogen-bond acceptors (Lipinski definition) is 4. The Labute approximate surface area is 69.7 Å². The quantitative estimate of drug-likeness (QED) is 0.545. The van der Waals surface area contributed by atoms with Crippen molar-refractivity contribution in [3.05, 3.63) is 25.0 Å². The number of thioether (sulfide) groups is 1. The molecule has 0 unspecified atom stereocenters. The van der Waals surface area contributed by atoms with Gasteiger partial charge in [-0.3, -0.25) is 0 Å². The number of hydrogen-bond donors (Lipinski definition) is 1. The Hall–Kier alpha value is -1.03. The zero-order chi connectivity index (χ0) is 8.10. The molecule has 4 heteroatoms. The van der Waals surface area contributed by atoms with Crippen molar-refractivity contribution >= 4 is 17.6 Å². The second-order valence-corrected chi connectivity index (χ2v) is 2.86. The Bertz CT molecular complexity index is 249. The fourth-order valence-corrected chi connectivity index (χ4v) is 1.20. The average Bonchev–Trinajstić information content (AvgIpc) is 2.03. The van der Waals surface area contributed by atoms with Crippen LogP contribution in [-0.4, -0.2) is 15.7 Å². The van der Waals surface area contributed by atoms with E-state index < -0.39 is 0 Å². The topological polar surface area (TPSA) is 51.8 Å². The van der Waals surface area contributed by atoms with Gasteiger partial charge in [0.15, 0.2) is 5.82 Å². The molecule has 1 heterocycles. The molecule has 1 rings (SSSR count). The van der Waals surface area contributed by atoms with Crippen LogP contribution in [-0.2, 0) is 0 Å². The predicted molar refractivity (Wildman–Crippen MR) is 47.4 cm³/mol. The number of nitrogens with two attached hydrogens (primary N) is 1. The third kappa shape index (κ3) is 2.23. The average molecular weight is 167 g/mol. The highest BCUT2D eigenvalue weighted by molar-refractivity contribution is 7.99. The normalized spacial score (nSPS) is 9.45. The largest absolute Gasteiger partial charge is 0.381 e. The van der Waals surface area contributed by atoms with Crippen molar-refractivity contribution < 1.29 is 0 Å². The van der Waals surface area contributed by atoms with E-state index in [0.717, 1.165) is 10.8 Å². The third-order valence-electron chi connectivity index (χ3n) is 1.03. The lowest BCUT2D eigenvalue weighted by atomic mass is 10.7. The molecule has 0 saturated carbocycles. The molecule has 0 atom stereocenters. The number of nitrogens with zero attached hydrogens (tertiary/aromatic N) is 2. The van der Waals surface area contributed by atoms with Gasteiger partial charge in [0.1, 0.15) is 5.03 Å². The second-order valence-electron chi connectivity index (χ2n) is 1.85. The first kappa shape index (κ1) is 8.07. The minimum Gasteiger partial charge on any atom is -0.381 e. The zero-order valence-electron chi connectivity index (χ0n) is 6.03. The van der Waals surface area contributed by atoms with E-state index >= 15 is 0 Å². The Kier molecular flexibility index (Phi) is 2.92. The van der Waals surface area contributed by atoms with E-state index in [1.807, 2.05) is 0 Å². The summed E-state index contributed by atoms with van der Waals surface area (Å²) in [6.07, 6.45) is 5.01. The molecule has 1 aromatic heterocycles. The van der Waals surface area contributed by atoms with Gasteiger partial charge >= 0.3 is 0 Å². The van der Waals surface area contributed by atoms with Gasteiger partial charge in [-0.1, -0.05) is 17.8 Å². The Morgan fingerprint density at radius 3 is 2.91 bits per heavy atom. The van der Waals surface area contributed by atoms with Crippen molar-refractivity contribution in [2.45, 2.75) is 5.03 Å². The van der Waals surface area contributed by atoms with Crippen LogP contribution in [0.1, 0.15) is 0 Å². The van der Waals surface area contributed by atoms with E-state index in [1.165, 1.54) is 11.8 Å².